The number of nitrogens with zero attached hydrogens (tertiary/aromatic N) is 2. The average molecular weight is 342 g/mol. The van der Waals surface area contributed by atoms with Gasteiger partial charge < -0.3 is 5.32 Å². The van der Waals surface area contributed by atoms with Crippen molar-refractivity contribution in [1.29, 1.82) is 0 Å². The molecule has 0 unspecified atom stereocenters. The molecule has 18 heavy (non-hydrogen) atoms. The summed E-state index contributed by atoms with van der Waals surface area (Å²) in [5, 5.41) is 6.66. The van der Waals surface area contributed by atoms with Crippen molar-refractivity contribution in [1.82, 2.24) is 14.7 Å². The van der Waals surface area contributed by atoms with Gasteiger partial charge in [-0.1, -0.05) is 0 Å². The maximum atomic E-state index is 11.8. The minimum absolute atomic E-state index is 0.0756. The lowest BCUT2D eigenvalue weighted by Crippen LogP contribution is -2.22. The molecule has 0 aliphatic rings. The first kappa shape index (κ1) is 11.9. The highest BCUT2D eigenvalue weighted by molar-refractivity contribution is 9.11. The van der Waals surface area contributed by atoms with E-state index in [9.17, 15) is 4.79 Å². The second-order valence-electron chi connectivity index (χ2n) is 3.65. The molecule has 0 spiro atoms. The molecule has 0 aromatic carbocycles. The van der Waals surface area contributed by atoms with Crippen molar-refractivity contribution in [2.24, 2.45) is 0 Å². The van der Waals surface area contributed by atoms with Crippen LogP contribution in [0.5, 0.6) is 0 Å². The van der Waals surface area contributed by atoms with Crippen LogP contribution in [0.15, 0.2) is 33.0 Å². The molecule has 0 saturated carbocycles. The SMILES string of the molecule is O=C(NCc1cn2ccsc2n1)c1csc(Br)c1. The molecule has 0 saturated heterocycles. The molecule has 1 amide bonds. The van der Waals surface area contributed by atoms with Crippen molar-refractivity contribution in [2.45, 2.75) is 6.54 Å². The van der Waals surface area contributed by atoms with Crippen LogP contribution in [0, 0.1) is 0 Å². The number of amides is 1. The van der Waals surface area contributed by atoms with Gasteiger partial charge in [0.05, 0.1) is 21.6 Å². The number of fused-ring (bicyclic) bond motifs is 1. The summed E-state index contributed by atoms with van der Waals surface area (Å²) in [6, 6.07) is 1.81. The number of imidazole rings is 1. The van der Waals surface area contributed by atoms with E-state index in [1.165, 1.54) is 11.3 Å². The lowest BCUT2D eigenvalue weighted by Gasteiger charge is -2.00. The summed E-state index contributed by atoms with van der Waals surface area (Å²) in [5.74, 6) is -0.0756. The van der Waals surface area contributed by atoms with Gasteiger partial charge in [0, 0.05) is 23.2 Å². The highest BCUT2D eigenvalue weighted by Crippen LogP contribution is 2.20. The molecule has 0 radical (unpaired) electrons. The first-order chi connectivity index (χ1) is 8.72. The number of hydrogen-bond acceptors (Lipinski definition) is 4. The predicted octanol–water partition coefficient (Wildman–Crippen LogP) is 3.15. The summed E-state index contributed by atoms with van der Waals surface area (Å²) in [7, 11) is 0. The largest absolute Gasteiger partial charge is 0.346 e. The van der Waals surface area contributed by atoms with Crippen molar-refractivity contribution in [2.75, 3.05) is 0 Å². The second kappa shape index (κ2) is 4.83. The first-order valence-corrected chi connectivity index (χ1v) is 7.71. The minimum atomic E-state index is -0.0756. The van der Waals surface area contributed by atoms with E-state index in [2.05, 4.69) is 26.2 Å². The Morgan fingerprint density at radius 1 is 1.50 bits per heavy atom. The maximum Gasteiger partial charge on any atom is 0.252 e. The summed E-state index contributed by atoms with van der Waals surface area (Å²) in [6.45, 7) is 0.445. The number of thiazole rings is 1. The number of aromatic nitrogens is 2. The van der Waals surface area contributed by atoms with Crippen LogP contribution >= 0.6 is 38.6 Å². The van der Waals surface area contributed by atoms with E-state index in [4.69, 9.17) is 0 Å². The van der Waals surface area contributed by atoms with Gasteiger partial charge in [-0.2, -0.15) is 0 Å². The monoisotopic (exact) mass is 341 g/mol. The average Bonchev–Trinajstić information content (AvgIpc) is 3.00. The lowest BCUT2D eigenvalue weighted by atomic mass is 10.3. The summed E-state index contributed by atoms with van der Waals surface area (Å²) < 4.78 is 2.91. The van der Waals surface area contributed by atoms with Crippen LogP contribution in [0.4, 0.5) is 0 Å². The summed E-state index contributed by atoms with van der Waals surface area (Å²) in [4.78, 5) is 17.2. The van der Waals surface area contributed by atoms with Crippen LogP contribution in [-0.4, -0.2) is 15.3 Å². The predicted molar refractivity (Wildman–Crippen MR) is 76.3 cm³/mol. The zero-order chi connectivity index (χ0) is 12.5. The Labute approximate surface area is 119 Å². The van der Waals surface area contributed by atoms with E-state index in [0.29, 0.717) is 12.1 Å². The molecular formula is C11H8BrN3OS2. The smallest absolute Gasteiger partial charge is 0.252 e. The van der Waals surface area contributed by atoms with Crippen molar-refractivity contribution in [3.63, 3.8) is 0 Å². The first-order valence-electron chi connectivity index (χ1n) is 5.16. The Morgan fingerprint density at radius 2 is 2.39 bits per heavy atom. The third-order valence-electron chi connectivity index (χ3n) is 2.40. The number of carbonyl (C=O) groups excluding carboxylic acids is 1. The molecule has 3 heterocycles. The van der Waals surface area contributed by atoms with Gasteiger partial charge >= 0.3 is 0 Å². The molecule has 3 rings (SSSR count). The molecule has 0 bridgehead atoms. The summed E-state index contributed by atoms with van der Waals surface area (Å²) in [5.41, 5.74) is 1.54. The van der Waals surface area contributed by atoms with Crippen LogP contribution in [-0.2, 0) is 6.54 Å². The number of carbonyl (C=O) groups is 1. The van der Waals surface area contributed by atoms with Crippen molar-refractivity contribution in [3.05, 3.63) is 44.3 Å². The van der Waals surface area contributed by atoms with Crippen molar-refractivity contribution < 1.29 is 4.79 Å². The normalized spacial score (nSPS) is 10.9. The highest BCUT2D eigenvalue weighted by Gasteiger charge is 2.09. The van der Waals surface area contributed by atoms with Crippen LogP contribution in [0.1, 0.15) is 16.1 Å². The second-order valence-corrected chi connectivity index (χ2v) is 6.81. The van der Waals surface area contributed by atoms with E-state index in [-0.39, 0.29) is 5.91 Å². The van der Waals surface area contributed by atoms with Crippen molar-refractivity contribution in [3.8, 4) is 0 Å². The van der Waals surface area contributed by atoms with Gasteiger partial charge in [-0.05, 0) is 22.0 Å². The highest BCUT2D eigenvalue weighted by atomic mass is 79.9. The van der Waals surface area contributed by atoms with Crippen LogP contribution in [0.25, 0.3) is 4.96 Å². The van der Waals surface area contributed by atoms with Gasteiger partial charge in [-0.25, -0.2) is 4.98 Å². The van der Waals surface area contributed by atoms with Crippen LogP contribution in [0.3, 0.4) is 0 Å². The van der Waals surface area contributed by atoms with Gasteiger partial charge in [0.2, 0.25) is 0 Å². The van der Waals surface area contributed by atoms with Gasteiger partial charge in [0.1, 0.15) is 0 Å². The zero-order valence-electron chi connectivity index (χ0n) is 9.09. The number of thiophene rings is 1. The summed E-state index contributed by atoms with van der Waals surface area (Å²) >= 11 is 6.41. The Kier molecular flexibility index (Phi) is 3.19. The Balaban J connectivity index is 1.67. The fourth-order valence-corrected chi connectivity index (χ4v) is 3.42. The molecule has 3 aromatic heterocycles. The quantitative estimate of drug-likeness (QED) is 0.795. The van der Waals surface area contributed by atoms with Gasteiger partial charge in [0.25, 0.3) is 5.91 Å². The number of halogens is 1. The minimum Gasteiger partial charge on any atom is -0.346 e. The molecule has 7 heteroatoms. The molecule has 92 valence electrons. The van der Waals surface area contributed by atoms with E-state index >= 15 is 0 Å². The Morgan fingerprint density at radius 3 is 3.11 bits per heavy atom. The van der Waals surface area contributed by atoms with Crippen LogP contribution in [0.2, 0.25) is 0 Å². The fourth-order valence-electron chi connectivity index (χ4n) is 1.56. The molecule has 4 nitrogen and oxygen atoms in total. The van der Waals surface area contributed by atoms with E-state index in [1.807, 2.05) is 33.6 Å². The zero-order valence-corrected chi connectivity index (χ0v) is 12.3. The third-order valence-corrected chi connectivity index (χ3v) is 4.68. The number of nitrogens with one attached hydrogen (secondary N) is 1. The lowest BCUT2D eigenvalue weighted by molar-refractivity contribution is 0.0951. The molecule has 1 N–H and O–H groups in total. The maximum absolute atomic E-state index is 11.8. The van der Waals surface area contributed by atoms with E-state index in [1.54, 1.807) is 11.3 Å². The van der Waals surface area contributed by atoms with Crippen molar-refractivity contribution >= 4 is 49.5 Å². The molecule has 0 aliphatic heterocycles. The Bertz CT molecular complexity index is 671. The Hall–Kier alpha value is -1.18. The fraction of sp³-hybridized carbons (Fsp3) is 0.0909. The molecule has 0 aliphatic carbocycles. The van der Waals surface area contributed by atoms with E-state index < -0.39 is 0 Å². The van der Waals surface area contributed by atoms with E-state index in [0.717, 1.165) is 14.4 Å². The molecule has 0 fully saturated rings. The van der Waals surface area contributed by atoms with Gasteiger partial charge in [-0.15, -0.1) is 22.7 Å². The number of hydrogen-bond donors (Lipinski definition) is 1. The standard InChI is InChI=1S/C11H8BrN3OS2/c12-9-3-7(6-18-9)10(16)13-4-8-5-15-1-2-17-11(15)14-8/h1-3,5-6H,4H2,(H,13,16). The molecule has 0 atom stereocenters. The topological polar surface area (TPSA) is 46.4 Å². The number of rotatable bonds is 3. The molecule has 3 aromatic rings. The summed E-state index contributed by atoms with van der Waals surface area (Å²) in [6.07, 6.45) is 3.88. The van der Waals surface area contributed by atoms with Gasteiger partial charge in [0.15, 0.2) is 4.96 Å². The van der Waals surface area contributed by atoms with Gasteiger partial charge in [-0.3, -0.25) is 9.20 Å². The molecular weight excluding hydrogens is 334 g/mol. The van der Waals surface area contributed by atoms with Crippen LogP contribution < -0.4 is 5.32 Å². The third kappa shape index (κ3) is 2.33.